The number of hydrogen-bond donors (Lipinski definition) is 6. The highest BCUT2D eigenvalue weighted by Crippen LogP contribution is 2.19. The van der Waals surface area contributed by atoms with Gasteiger partial charge in [-0.2, -0.15) is 0 Å². The predicted octanol–water partition coefficient (Wildman–Crippen LogP) is -2.03. The summed E-state index contributed by atoms with van der Waals surface area (Å²) in [6.45, 7) is 0.731. The Balaban J connectivity index is 2.05. The number of aliphatic hydroxyl groups excluding tert-OH is 2. The summed E-state index contributed by atoms with van der Waals surface area (Å²) in [5.41, 5.74) is 6.97. The van der Waals surface area contributed by atoms with Gasteiger partial charge in [-0.25, -0.2) is 4.79 Å². The molecule has 11 heteroatoms. The van der Waals surface area contributed by atoms with E-state index in [9.17, 15) is 24.3 Å². The molecule has 11 nitrogen and oxygen atoms in total. The molecule has 1 heterocycles. The molecule has 1 saturated heterocycles. The topological polar surface area (TPSA) is 182 Å². The lowest BCUT2D eigenvalue weighted by molar-refractivity contribution is -0.144. The summed E-state index contributed by atoms with van der Waals surface area (Å²) in [4.78, 5) is 50.5. The maximum absolute atomic E-state index is 12.9. The number of amides is 3. The van der Waals surface area contributed by atoms with E-state index in [4.69, 9.17) is 15.9 Å². The highest BCUT2D eigenvalue weighted by atomic mass is 16.4. The fourth-order valence-corrected chi connectivity index (χ4v) is 3.57. The largest absolute Gasteiger partial charge is 0.480 e. The first kappa shape index (κ1) is 25.2. The number of likely N-dealkylation sites (tertiary alicyclic amines) is 1. The van der Waals surface area contributed by atoms with Gasteiger partial charge >= 0.3 is 5.97 Å². The third-order valence-corrected chi connectivity index (χ3v) is 5.31. The number of rotatable bonds is 10. The molecule has 3 amide bonds. The van der Waals surface area contributed by atoms with Gasteiger partial charge in [0.25, 0.3) is 0 Å². The molecule has 1 aliphatic rings. The molecule has 7 N–H and O–H groups in total. The fourth-order valence-electron chi connectivity index (χ4n) is 3.57. The number of carboxylic acid groups (broad SMARTS) is 1. The Morgan fingerprint density at radius 1 is 1.19 bits per heavy atom. The van der Waals surface area contributed by atoms with Gasteiger partial charge in [0, 0.05) is 6.54 Å². The highest BCUT2D eigenvalue weighted by Gasteiger charge is 2.38. The van der Waals surface area contributed by atoms with Gasteiger partial charge in [-0.05, 0) is 31.7 Å². The second-order valence-electron chi connectivity index (χ2n) is 7.79. The number of benzene rings is 1. The summed E-state index contributed by atoms with van der Waals surface area (Å²) in [7, 11) is 0. The average Bonchev–Trinajstić information content (AvgIpc) is 3.25. The molecule has 176 valence electrons. The minimum absolute atomic E-state index is 0.307. The van der Waals surface area contributed by atoms with Crippen molar-refractivity contribution in [2.75, 3.05) is 13.2 Å². The minimum atomic E-state index is -1.58. The first-order valence-corrected chi connectivity index (χ1v) is 10.4. The number of nitrogens with two attached hydrogens (primary N) is 1. The van der Waals surface area contributed by atoms with Crippen LogP contribution in [0.25, 0.3) is 0 Å². The fraction of sp³-hybridized carbons (Fsp3) is 0.524. The van der Waals surface area contributed by atoms with Gasteiger partial charge in [0.05, 0.1) is 18.8 Å². The van der Waals surface area contributed by atoms with Crippen molar-refractivity contribution in [3.63, 3.8) is 0 Å². The van der Waals surface area contributed by atoms with Crippen LogP contribution in [0.2, 0.25) is 0 Å². The number of aliphatic carboxylic acids is 1. The standard InChI is InChI=1S/C21H30N4O7/c1-12(27)17(19(29)23-15(11-26)21(31)32)24-18(28)16-8-5-9-25(16)20(30)14(22)10-13-6-3-2-4-7-13/h2-4,6-7,12,14-17,26-27H,5,8-11,22H2,1H3,(H,23,29)(H,24,28)(H,31,32). The van der Waals surface area contributed by atoms with Crippen LogP contribution in [0.1, 0.15) is 25.3 Å². The van der Waals surface area contributed by atoms with Crippen LogP contribution in [0.5, 0.6) is 0 Å². The smallest absolute Gasteiger partial charge is 0.328 e. The summed E-state index contributed by atoms with van der Waals surface area (Å²) in [6.07, 6.45) is -0.115. The van der Waals surface area contributed by atoms with E-state index in [1.54, 1.807) is 0 Å². The number of carboxylic acids is 1. The molecule has 1 aromatic carbocycles. The third-order valence-electron chi connectivity index (χ3n) is 5.31. The normalized spacial score (nSPS) is 19.5. The van der Waals surface area contributed by atoms with E-state index >= 15 is 0 Å². The molecule has 0 bridgehead atoms. The zero-order valence-corrected chi connectivity index (χ0v) is 17.8. The Hall–Kier alpha value is -3.02. The predicted molar refractivity (Wildman–Crippen MR) is 113 cm³/mol. The van der Waals surface area contributed by atoms with Crippen molar-refractivity contribution in [3.05, 3.63) is 35.9 Å². The first-order chi connectivity index (χ1) is 15.1. The van der Waals surface area contributed by atoms with Crippen LogP contribution < -0.4 is 16.4 Å². The van der Waals surface area contributed by atoms with Crippen LogP contribution in [-0.2, 0) is 25.6 Å². The lowest BCUT2D eigenvalue weighted by atomic mass is 10.0. The van der Waals surface area contributed by atoms with Crippen molar-refractivity contribution in [1.82, 2.24) is 15.5 Å². The molecular formula is C21H30N4O7. The number of aliphatic hydroxyl groups is 2. The van der Waals surface area contributed by atoms with Crippen molar-refractivity contribution in [3.8, 4) is 0 Å². The van der Waals surface area contributed by atoms with E-state index in [-0.39, 0.29) is 0 Å². The summed E-state index contributed by atoms with van der Waals surface area (Å²) >= 11 is 0. The van der Waals surface area contributed by atoms with Crippen molar-refractivity contribution in [2.24, 2.45) is 5.73 Å². The average molecular weight is 450 g/mol. The summed E-state index contributed by atoms with van der Waals surface area (Å²) in [6, 6.07) is 4.47. The zero-order chi connectivity index (χ0) is 23.8. The summed E-state index contributed by atoms with van der Waals surface area (Å²) < 4.78 is 0. The van der Waals surface area contributed by atoms with Gasteiger partial charge in [0.1, 0.15) is 18.1 Å². The Labute approximate surface area is 185 Å². The van der Waals surface area contributed by atoms with Crippen LogP contribution in [0, 0.1) is 0 Å². The first-order valence-electron chi connectivity index (χ1n) is 10.4. The van der Waals surface area contributed by atoms with Crippen LogP contribution >= 0.6 is 0 Å². The molecule has 0 radical (unpaired) electrons. The van der Waals surface area contributed by atoms with E-state index in [0.29, 0.717) is 25.8 Å². The van der Waals surface area contributed by atoms with E-state index in [0.717, 1.165) is 5.56 Å². The molecule has 0 saturated carbocycles. The number of carbonyl (C=O) groups excluding carboxylic acids is 3. The molecule has 5 atom stereocenters. The number of hydrogen-bond acceptors (Lipinski definition) is 7. The summed E-state index contributed by atoms with van der Waals surface area (Å²) in [5, 5.41) is 32.4. The van der Waals surface area contributed by atoms with E-state index in [1.807, 2.05) is 30.3 Å². The van der Waals surface area contributed by atoms with Crippen LogP contribution in [-0.4, -0.2) is 87.3 Å². The Morgan fingerprint density at radius 2 is 1.84 bits per heavy atom. The molecule has 0 spiro atoms. The highest BCUT2D eigenvalue weighted by molar-refractivity contribution is 5.94. The van der Waals surface area contributed by atoms with Crippen molar-refractivity contribution in [2.45, 2.75) is 56.5 Å². The summed E-state index contributed by atoms with van der Waals surface area (Å²) in [5.74, 6) is -3.47. The molecule has 32 heavy (non-hydrogen) atoms. The molecule has 1 aromatic rings. The van der Waals surface area contributed by atoms with E-state index in [1.165, 1.54) is 11.8 Å². The molecule has 5 unspecified atom stereocenters. The molecule has 0 aromatic heterocycles. The molecule has 2 rings (SSSR count). The number of nitrogens with zero attached hydrogens (tertiary/aromatic N) is 1. The SMILES string of the molecule is CC(O)C(NC(=O)C1CCCN1C(=O)C(N)Cc1ccccc1)C(=O)NC(CO)C(=O)O. The van der Waals surface area contributed by atoms with Crippen molar-refractivity contribution >= 4 is 23.7 Å². The van der Waals surface area contributed by atoms with Gasteiger partial charge in [0.15, 0.2) is 0 Å². The Kier molecular flexibility index (Phi) is 9.12. The van der Waals surface area contributed by atoms with E-state index in [2.05, 4.69) is 10.6 Å². The maximum Gasteiger partial charge on any atom is 0.328 e. The second kappa shape index (κ2) is 11.6. The zero-order valence-electron chi connectivity index (χ0n) is 17.8. The van der Waals surface area contributed by atoms with Crippen LogP contribution in [0.15, 0.2) is 30.3 Å². The lowest BCUT2D eigenvalue weighted by Crippen LogP contribution is -2.59. The van der Waals surface area contributed by atoms with Crippen molar-refractivity contribution < 1.29 is 34.5 Å². The molecule has 0 aliphatic carbocycles. The molecule has 1 aliphatic heterocycles. The van der Waals surface area contributed by atoms with Gasteiger partial charge in [-0.3, -0.25) is 14.4 Å². The number of carbonyl (C=O) groups is 4. The van der Waals surface area contributed by atoms with E-state index < -0.39 is 60.6 Å². The van der Waals surface area contributed by atoms with Crippen LogP contribution in [0.3, 0.4) is 0 Å². The monoisotopic (exact) mass is 450 g/mol. The minimum Gasteiger partial charge on any atom is -0.480 e. The van der Waals surface area contributed by atoms with Gasteiger partial charge in [0.2, 0.25) is 17.7 Å². The quantitative estimate of drug-likeness (QED) is 0.236. The molecule has 1 fully saturated rings. The lowest BCUT2D eigenvalue weighted by Gasteiger charge is -2.29. The van der Waals surface area contributed by atoms with Gasteiger partial charge in [-0.15, -0.1) is 0 Å². The molecular weight excluding hydrogens is 420 g/mol. The third kappa shape index (κ3) is 6.49. The van der Waals surface area contributed by atoms with Crippen LogP contribution in [0.4, 0.5) is 0 Å². The Bertz CT molecular complexity index is 818. The maximum atomic E-state index is 12.9. The Morgan fingerprint density at radius 3 is 2.41 bits per heavy atom. The van der Waals surface area contributed by atoms with Gasteiger partial charge in [-0.1, -0.05) is 30.3 Å². The van der Waals surface area contributed by atoms with Crippen molar-refractivity contribution in [1.29, 1.82) is 0 Å². The van der Waals surface area contributed by atoms with Gasteiger partial charge < -0.3 is 36.6 Å². The number of nitrogens with one attached hydrogen (secondary N) is 2. The second-order valence-corrected chi connectivity index (χ2v) is 7.79.